The summed E-state index contributed by atoms with van der Waals surface area (Å²) in [4.78, 5) is 17.3. The number of fused-ring (bicyclic) bond motifs is 4. The summed E-state index contributed by atoms with van der Waals surface area (Å²) >= 11 is 1.61. The van der Waals surface area contributed by atoms with Gasteiger partial charge in [0.15, 0.2) is 5.16 Å². The van der Waals surface area contributed by atoms with Crippen LogP contribution in [0.4, 0.5) is 0 Å². The molecule has 0 spiro atoms. The Morgan fingerprint density at radius 2 is 1.74 bits per heavy atom. The largest absolute Gasteiger partial charge is 0.494 e. The van der Waals surface area contributed by atoms with E-state index in [1.807, 2.05) is 73.7 Å². The summed E-state index contributed by atoms with van der Waals surface area (Å²) in [5.74, 6) is 1.42. The van der Waals surface area contributed by atoms with Crippen LogP contribution in [0.2, 0.25) is 0 Å². The zero-order chi connectivity index (χ0) is 23.8. The molecule has 0 N–H and O–H groups in total. The lowest BCUT2D eigenvalue weighted by molar-refractivity contribution is 0.340. The lowest BCUT2D eigenvalue weighted by Gasteiger charge is -2.11. The van der Waals surface area contributed by atoms with Gasteiger partial charge in [-0.2, -0.15) is 0 Å². The molecule has 0 aliphatic heterocycles. The molecule has 172 valence electrons. The van der Waals surface area contributed by atoms with E-state index in [9.17, 15) is 4.79 Å². The van der Waals surface area contributed by atoms with Crippen LogP contribution in [0.1, 0.15) is 12.5 Å². The van der Waals surface area contributed by atoms with Crippen molar-refractivity contribution in [1.29, 1.82) is 0 Å². The maximum absolute atomic E-state index is 12.4. The van der Waals surface area contributed by atoms with Crippen LogP contribution in [-0.2, 0) is 5.75 Å². The molecule has 0 aliphatic carbocycles. The molecule has 0 saturated heterocycles. The van der Waals surface area contributed by atoms with E-state index < -0.39 is 0 Å². The van der Waals surface area contributed by atoms with E-state index >= 15 is 0 Å². The van der Waals surface area contributed by atoms with E-state index in [0.29, 0.717) is 17.9 Å². The number of hydrogen-bond donors (Lipinski definition) is 0. The monoisotopic (exact) mass is 478 g/mol. The van der Waals surface area contributed by atoms with E-state index in [-0.39, 0.29) is 5.63 Å². The van der Waals surface area contributed by atoms with Crippen LogP contribution in [0.15, 0.2) is 105 Å². The van der Waals surface area contributed by atoms with Crippen LogP contribution in [0, 0.1) is 0 Å². The van der Waals surface area contributed by atoms with Crippen molar-refractivity contribution in [3.63, 3.8) is 0 Å². The summed E-state index contributed by atoms with van der Waals surface area (Å²) < 4.78 is 13.3. The number of rotatable bonds is 6. The fourth-order valence-electron chi connectivity index (χ4n) is 4.48. The van der Waals surface area contributed by atoms with Crippen molar-refractivity contribution in [3.05, 3.63) is 107 Å². The Labute approximate surface area is 206 Å². The number of hydrogen-bond acceptors (Lipinski definition) is 5. The lowest BCUT2D eigenvalue weighted by atomic mass is 10.0. The number of aromatic nitrogens is 2. The Morgan fingerprint density at radius 3 is 2.60 bits per heavy atom. The Balaban J connectivity index is 1.45. The van der Waals surface area contributed by atoms with Gasteiger partial charge in [-0.15, -0.1) is 0 Å². The SMILES string of the molecule is CCOc1ccc(-n2c(SCc3cc(=O)oc4ccc5ccccc5c34)nc3ccccc32)cc1. The predicted octanol–water partition coefficient (Wildman–Crippen LogP) is 6.98. The summed E-state index contributed by atoms with van der Waals surface area (Å²) in [5, 5.41) is 4.02. The van der Waals surface area contributed by atoms with Gasteiger partial charge in [-0.25, -0.2) is 9.78 Å². The molecule has 6 heteroatoms. The Bertz CT molecular complexity index is 1740. The summed E-state index contributed by atoms with van der Waals surface area (Å²) in [5.41, 5.74) is 4.15. The number of thioether (sulfide) groups is 1. The molecule has 0 amide bonds. The van der Waals surface area contributed by atoms with Gasteiger partial charge in [-0.05, 0) is 65.7 Å². The van der Waals surface area contributed by atoms with Crippen LogP contribution in [0.5, 0.6) is 5.75 Å². The lowest BCUT2D eigenvalue weighted by Crippen LogP contribution is -2.01. The molecule has 0 saturated carbocycles. The standard InChI is InChI=1S/C29H22N2O3S/c1-2-33-22-14-12-21(13-15-22)31-25-10-6-5-9-24(25)30-29(31)35-18-20-17-27(32)34-26-16-11-19-7-3-4-8-23(19)28(20)26/h3-17H,2,18H2,1H3. The van der Waals surface area contributed by atoms with E-state index in [1.54, 1.807) is 17.8 Å². The molecule has 2 heterocycles. The fraction of sp³-hybridized carbons (Fsp3) is 0.103. The minimum atomic E-state index is -0.344. The average Bonchev–Trinajstić information content (AvgIpc) is 3.26. The number of para-hydroxylation sites is 2. The molecule has 35 heavy (non-hydrogen) atoms. The van der Waals surface area contributed by atoms with Crippen molar-refractivity contribution in [3.8, 4) is 11.4 Å². The highest BCUT2D eigenvalue weighted by atomic mass is 32.2. The minimum absolute atomic E-state index is 0.344. The third-order valence-electron chi connectivity index (χ3n) is 6.01. The van der Waals surface area contributed by atoms with E-state index in [4.69, 9.17) is 14.1 Å². The first kappa shape index (κ1) is 21.5. The summed E-state index contributed by atoms with van der Waals surface area (Å²) in [6.07, 6.45) is 0. The molecule has 0 fully saturated rings. The Kier molecular flexibility index (Phi) is 5.51. The fourth-order valence-corrected chi connectivity index (χ4v) is 5.49. The molecule has 6 aromatic rings. The highest BCUT2D eigenvalue weighted by molar-refractivity contribution is 7.98. The Hall–Kier alpha value is -4.03. The second kappa shape index (κ2) is 8.96. The molecule has 4 aromatic carbocycles. The quantitative estimate of drug-likeness (QED) is 0.147. The molecule has 5 nitrogen and oxygen atoms in total. The molecule has 0 radical (unpaired) electrons. The van der Waals surface area contributed by atoms with Crippen LogP contribution < -0.4 is 10.4 Å². The van der Waals surface area contributed by atoms with Crippen molar-refractivity contribution in [1.82, 2.24) is 9.55 Å². The van der Waals surface area contributed by atoms with Gasteiger partial charge in [0.05, 0.1) is 17.6 Å². The summed E-state index contributed by atoms with van der Waals surface area (Å²) in [6.45, 7) is 2.60. The molecule has 0 bridgehead atoms. The van der Waals surface area contributed by atoms with Crippen LogP contribution in [0.25, 0.3) is 38.5 Å². The first-order valence-electron chi connectivity index (χ1n) is 11.5. The van der Waals surface area contributed by atoms with E-state index in [2.05, 4.69) is 22.8 Å². The van der Waals surface area contributed by atoms with Gasteiger partial charge in [0, 0.05) is 22.9 Å². The van der Waals surface area contributed by atoms with Gasteiger partial charge in [-0.3, -0.25) is 4.57 Å². The topological polar surface area (TPSA) is 57.3 Å². The maximum atomic E-state index is 12.4. The van der Waals surface area contributed by atoms with Crippen LogP contribution in [-0.4, -0.2) is 16.2 Å². The maximum Gasteiger partial charge on any atom is 0.336 e. The van der Waals surface area contributed by atoms with E-state index in [0.717, 1.165) is 49.3 Å². The van der Waals surface area contributed by atoms with E-state index in [1.165, 1.54) is 0 Å². The Morgan fingerprint density at radius 1 is 0.943 bits per heavy atom. The smallest absolute Gasteiger partial charge is 0.336 e. The molecule has 0 unspecified atom stereocenters. The molecule has 0 atom stereocenters. The first-order valence-corrected chi connectivity index (χ1v) is 12.5. The molecular formula is C29H22N2O3S. The van der Waals surface area contributed by atoms with Crippen LogP contribution in [0.3, 0.4) is 0 Å². The van der Waals surface area contributed by atoms with Gasteiger partial charge >= 0.3 is 5.63 Å². The van der Waals surface area contributed by atoms with Crippen molar-refractivity contribution < 1.29 is 9.15 Å². The summed E-state index contributed by atoms with van der Waals surface area (Å²) in [6, 6.07) is 29.8. The first-order chi connectivity index (χ1) is 17.2. The number of nitrogens with zero attached hydrogens (tertiary/aromatic N) is 2. The highest BCUT2D eigenvalue weighted by Crippen LogP contribution is 2.34. The normalized spacial score (nSPS) is 11.5. The van der Waals surface area contributed by atoms with Gasteiger partial charge in [-0.1, -0.05) is 54.2 Å². The molecule has 2 aromatic heterocycles. The van der Waals surface area contributed by atoms with Crippen molar-refractivity contribution >= 4 is 44.5 Å². The van der Waals surface area contributed by atoms with Crippen molar-refractivity contribution in [2.45, 2.75) is 17.8 Å². The average molecular weight is 479 g/mol. The highest BCUT2D eigenvalue weighted by Gasteiger charge is 2.16. The zero-order valence-electron chi connectivity index (χ0n) is 19.1. The van der Waals surface area contributed by atoms with Gasteiger partial charge in [0.1, 0.15) is 11.3 Å². The number of benzene rings is 4. The van der Waals surface area contributed by atoms with Gasteiger partial charge in [0.2, 0.25) is 0 Å². The third kappa shape index (κ3) is 3.96. The van der Waals surface area contributed by atoms with Gasteiger partial charge in [0.25, 0.3) is 0 Å². The zero-order valence-corrected chi connectivity index (χ0v) is 19.9. The third-order valence-corrected chi connectivity index (χ3v) is 6.99. The number of ether oxygens (including phenoxy) is 1. The molecule has 6 rings (SSSR count). The second-order valence-electron chi connectivity index (χ2n) is 8.18. The summed E-state index contributed by atoms with van der Waals surface area (Å²) in [7, 11) is 0. The van der Waals surface area contributed by atoms with Gasteiger partial charge < -0.3 is 9.15 Å². The molecular weight excluding hydrogens is 456 g/mol. The van der Waals surface area contributed by atoms with Crippen molar-refractivity contribution in [2.75, 3.05) is 6.61 Å². The second-order valence-corrected chi connectivity index (χ2v) is 9.13. The predicted molar refractivity (Wildman–Crippen MR) is 142 cm³/mol. The minimum Gasteiger partial charge on any atom is -0.494 e. The van der Waals surface area contributed by atoms with Crippen molar-refractivity contribution in [2.24, 2.45) is 0 Å². The van der Waals surface area contributed by atoms with Crippen LogP contribution >= 0.6 is 11.8 Å². The molecule has 0 aliphatic rings. The number of imidazole rings is 1.